The highest BCUT2D eigenvalue weighted by Crippen LogP contribution is 2.29. The first kappa shape index (κ1) is 15.6. The molecule has 120 valence electrons. The number of rotatable bonds is 5. The summed E-state index contributed by atoms with van der Waals surface area (Å²) in [5.74, 6) is -1.87. The van der Waals surface area contributed by atoms with Crippen LogP contribution in [-0.4, -0.2) is 16.8 Å². The molecular formula is C18H16F3NO. The van der Waals surface area contributed by atoms with E-state index in [1.807, 2.05) is 0 Å². The van der Waals surface area contributed by atoms with Crippen molar-refractivity contribution < 1.29 is 18.0 Å². The van der Waals surface area contributed by atoms with E-state index in [0.29, 0.717) is 5.56 Å². The van der Waals surface area contributed by atoms with E-state index < -0.39 is 17.5 Å². The highest BCUT2D eigenvalue weighted by molar-refractivity contribution is 5.79. The van der Waals surface area contributed by atoms with Gasteiger partial charge in [0.1, 0.15) is 17.5 Å². The first-order valence-electron chi connectivity index (χ1n) is 7.51. The summed E-state index contributed by atoms with van der Waals surface area (Å²) in [6.45, 7) is 0.102. The Kier molecular flexibility index (Phi) is 4.37. The Morgan fingerprint density at radius 2 is 1.78 bits per heavy atom. The Labute approximate surface area is 132 Å². The van der Waals surface area contributed by atoms with Gasteiger partial charge < -0.3 is 4.90 Å². The molecule has 2 aromatic rings. The molecule has 1 fully saturated rings. The Morgan fingerprint density at radius 1 is 1.04 bits per heavy atom. The van der Waals surface area contributed by atoms with Gasteiger partial charge in [-0.1, -0.05) is 18.2 Å². The van der Waals surface area contributed by atoms with Crippen molar-refractivity contribution in [3.05, 3.63) is 71.0 Å². The predicted octanol–water partition coefficient (Wildman–Crippen LogP) is 3.84. The minimum atomic E-state index is -0.658. The molecule has 0 spiro atoms. The largest absolute Gasteiger partial charge is 0.335 e. The number of carbonyl (C=O) groups is 1. The van der Waals surface area contributed by atoms with Crippen molar-refractivity contribution in [3.8, 4) is 0 Å². The summed E-state index contributed by atoms with van der Waals surface area (Å²) < 4.78 is 40.0. The molecular weight excluding hydrogens is 303 g/mol. The van der Waals surface area contributed by atoms with Crippen molar-refractivity contribution in [2.24, 2.45) is 0 Å². The summed E-state index contributed by atoms with van der Waals surface area (Å²) >= 11 is 0. The van der Waals surface area contributed by atoms with E-state index >= 15 is 0 Å². The van der Waals surface area contributed by atoms with Gasteiger partial charge in [0.2, 0.25) is 5.91 Å². The van der Waals surface area contributed by atoms with Crippen LogP contribution in [0.4, 0.5) is 13.2 Å². The predicted molar refractivity (Wildman–Crippen MR) is 80.0 cm³/mol. The topological polar surface area (TPSA) is 20.3 Å². The molecule has 1 saturated carbocycles. The summed E-state index contributed by atoms with van der Waals surface area (Å²) in [6.07, 6.45) is 1.81. The molecule has 1 amide bonds. The number of hydrogen-bond acceptors (Lipinski definition) is 1. The minimum Gasteiger partial charge on any atom is -0.335 e. The Balaban J connectivity index is 1.74. The van der Waals surface area contributed by atoms with E-state index in [2.05, 4.69) is 0 Å². The second kappa shape index (κ2) is 6.44. The summed E-state index contributed by atoms with van der Waals surface area (Å²) in [4.78, 5) is 14.1. The maximum atomic E-state index is 13.8. The zero-order valence-electron chi connectivity index (χ0n) is 12.4. The molecule has 2 aromatic carbocycles. The summed E-state index contributed by atoms with van der Waals surface area (Å²) in [5.41, 5.74) is 0.867. The van der Waals surface area contributed by atoms with E-state index in [1.165, 1.54) is 24.3 Å². The molecule has 0 unspecified atom stereocenters. The lowest BCUT2D eigenvalue weighted by Gasteiger charge is -2.23. The van der Waals surface area contributed by atoms with Gasteiger partial charge >= 0.3 is 0 Å². The average Bonchev–Trinajstić information content (AvgIpc) is 3.31. The highest BCUT2D eigenvalue weighted by Gasteiger charge is 2.32. The van der Waals surface area contributed by atoms with Crippen LogP contribution in [0.1, 0.15) is 24.0 Å². The van der Waals surface area contributed by atoms with Gasteiger partial charge in [0, 0.05) is 24.2 Å². The van der Waals surface area contributed by atoms with Crippen LogP contribution in [0.3, 0.4) is 0 Å². The van der Waals surface area contributed by atoms with Gasteiger partial charge in [-0.2, -0.15) is 0 Å². The zero-order chi connectivity index (χ0) is 16.4. The molecule has 0 aliphatic heterocycles. The van der Waals surface area contributed by atoms with E-state index in [0.717, 1.165) is 18.9 Å². The molecule has 0 radical (unpaired) electrons. The monoisotopic (exact) mass is 319 g/mol. The van der Waals surface area contributed by atoms with E-state index in [9.17, 15) is 18.0 Å². The number of halogens is 3. The molecule has 0 bridgehead atoms. The molecule has 1 aliphatic carbocycles. The number of nitrogens with zero attached hydrogens (tertiary/aromatic N) is 1. The van der Waals surface area contributed by atoms with Crippen LogP contribution in [0.2, 0.25) is 0 Å². The zero-order valence-corrected chi connectivity index (χ0v) is 12.4. The van der Waals surface area contributed by atoms with Crippen LogP contribution in [0.25, 0.3) is 0 Å². The normalized spacial score (nSPS) is 13.9. The van der Waals surface area contributed by atoms with Gasteiger partial charge in [-0.3, -0.25) is 4.79 Å². The van der Waals surface area contributed by atoms with Gasteiger partial charge in [0.25, 0.3) is 0 Å². The lowest BCUT2D eigenvalue weighted by molar-refractivity contribution is -0.131. The quantitative estimate of drug-likeness (QED) is 0.820. The average molecular weight is 319 g/mol. The number of benzene rings is 2. The van der Waals surface area contributed by atoms with Gasteiger partial charge in [-0.15, -0.1) is 0 Å². The second-order valence-electron chi connectivity index (χ2n) is 5.80. The fraction of sp³-hybridized carbons (Fsp3) is 0.278. The van der Waals surface area contributed by atoms with Crippen LogP contribution in [0, 0.1) is 17.5 Å². The highest BCUT2D eigenvalue weighted by atomic mass is 19.1. The number of amides is 1. The lowest BCUT2D eigenvalue weighted by Crippen LogP contribution is -2.34. The van der Waals surface area contributed by atoms with Crippen LogP contribution in [-0.2, 0) is 17.8 Å². The van der Waals surface area contributed by atoms with Gasteiger partial charge in [0.05, 0.1) is 6.42 Å². The Morgan fingerprint density at radius 3 is 2.43 bits per heavy atom. The van der Waals surface area contributed by atoms with Crippen LogP contribution in [0.15, 0.2) is 42.5 Å². The first-order chi connectivity index (χ1) is 11.0. The third-order valence-electron chi connectivity index (χ3n) is 3.91. The summed E-state index contributed by atoms with van der Waals surface area (Å²) in [7, 11) is 0. The Hall–Kier alpha value is -2.30. The van der Waals surface area contributed by atoms with E-state index in [1.54, 1.807) is 17.0 Å². The molecule has 3 rings (SSSR count). The van der Waals surface area contributed by atoms with Gasteiger partial charge in [-0.25, -0.2) is 13.2 Å². The summed E-state index contributed by atoms with van der Waals surface area (Å²) in [6, 6.07) is 9.32. The molecule has 0 aromatic heterocycles. The fourth-order valence-corrected chi connectivity index (χ4v) is 2.56. The molecule has 0 atom stereocenters. The number of carbonyl (C=O) groups excluding carboxylic acids is 1. The molecule has 23 heavy (non-hydrogen) atoms. The maximum absolute atomic E-state index is 13.8. The van der Waals surface area contributed by atoms with Crippen LogP contribution >= 0.6 is 0 Å². The minimum absolute atomic E-state index is 0.0665. The summed E-state index contributed by atoms with van der Waals surface area (Å²) in [5, 5.41) is 0. The smallest absolute Gasteiger partial charge is 0.227 e. The SMILES string of the molecule is O=C(Cc1cccc(F)c1)N(Cc1ccc(F)cc1F)C1CC1. The number of hydrogen-bond donors (Lipinski definition) is 0. The standard InChI is InChI=1S/C18H16F3NO/c19-14-3-1-2-12(8-14)9-18(23)22(16-6-7-16)11-13-4-5-15(20)10-17(13)21/h1-5,8,10,16H,6-7,9,11H2. The first-order valence-corrected chi connectivity index (χ1v) is 7.51. The molecule has 5 heteroatoms. The molecule has 2 nitrogen and oxygen atoms in total. The van der Waals surface area contributed by atoms with Crippen molar-refractivity contribution in [1.82, 2.24) is 4.90 Å². The third-order valence-corrected chi connectivity index (χ3v) is 3.91. The molecule has 1 aliphatic rings. The third kappa shape index (κ3) is 3.92. The van der Waals surface area contributed by atoms with Crippen molar-refractivity contribution in [3.63, 3.8) is 0 Å². The second-order valence-corrected chi connectivity index (χ2v) is 5.80. The van der Waals surface area contributed by atoms with Crippen molar-refractivity contribution in [2.75, 3.05) is 0 Å². The van der Waals surface area contributed by atoms with Crippen molar-refractivity contribution in [1.29, 1.82) is 0 Å². The van der Waals surface area contributed by atoms with Crippen LogP contribution < -0.4 is 0 Å². The van der Waals surface area contributed by atoms with E-state index in [4.69, 9.17) is 0 Å². The fourth-order valence-electron chi connectivity index (χ4n) is 2.56. The van der Waals surface area contributed by atoms with Crippen molar-refractivity contribution in [2.45, 2.75) is 31.8 Å². The Bertz CT molecular complexity index is 728. The molecule has 0 N–H and O–H groups in total. The maximum Gasteiger partial charge on any atom is 0.227 e. The van der Waals surface area contributed by atoms with E-state index in [-0.39, 0.29) is 30.5 Å². The molecule has 0 saturated heterocycles. The van der Waals surface area contributed by atoms with Crippen molar-refractivity contribution >= 4 is 5.91 Å². The van der Waals surface area contributed by atoms with Gasteiger partial charge in [-0.05, 0) is 36.6 Å². The van der Waals surface area contributed by atoms with Crippen LogP contribution in [0.5, 0.6) is 0 Å². The molecule has 0 heterocycles. The van der Waals surface area contributed by atoms with Gasteiger partial charge in [0.15, 0.2) is 0 Å². The lowest BCUT2D eigenvalue weighted by atomic mass is 10.1.